The number of rotatable bonds is 0. The molecule has 0 nitrogen and oxygen atoms in total. The molecule has 0 spiro atoms. The van der Waals surface area contributed by atoms with Crippen molar-refractivity contribution in [3.63, 3.8) is 0 Å². The van der Waals surface area contributed by atoms with Gasteiger partial charge in [-0.1, -0.05) is 19.3 Å². The van der Waals surface area contributed by atoms with Crippen molar-refractivity contribution < 1.29 is 0 Å². The van der Waals surface area contributed by atoms with Crippen molar-refractivity contribution in [1.82, 2.24) is 0 Å². The molecule has 8 heavy (non-hydrogen) atoms. The van der Waals surface area contributed by atoms with Crippen LogP contribution in [0.4, 0.5) is 0 Å². The smallest absolute Gasteiger partial charge is 0.128 e. The SMILES string of the molecule is BC1(Cl)CCCCC1. The van der Waals surface area contributed by atoms with Gasteiger partial charge in [-0.05, 0) is 12.8 Å². The molecule has 0 aromatic rings. The van der Waals surface area contributed by atoms with Gasteiger partial charge in [-0.2, -0.15) is 0 Å². The van der Waals surface area contributed by atoms with Crippen LogP contribution in [0.15, 0.2) is 0 Å². The summed E-state index contributed by atoms with van der Waals surface area (Å²) in [5.74, 6) is 0. The van der Waals surface area contributed by atoms with Crippen LogP contribution in [0.5, 0.6) is 0 Å². The number of halogens is 1. The van der Waals surface area contributed by atoms with Crippen molar-refractivity contribution in [3.8, 4) is 0 Å². The summed E-state index contributed by atoms with van der Waals surface area (Å²) in [6.07, 6.45) is 6.49. The van der Waals surface area contributed by atoms with Gasteiger partial charge in [0.25, 0.3) is 0 Å². The van der Waals surface area contributed by atoms with Crippen molar-refractivity contribution in [2.24, 2.45) is 0 Å². The van der Waals surface area contributed by atoms with Crippen molar-refractivity contribution in [3.05, 3.63) is 0 Å². The maximum Gasteiger partial charge on any atom is 0.128 e. The maximum atomic E-state index is 6.07. The summed E-state index contributed by atoms with van der Waals surface area (Å²) in [5.41, 5.74) is 0. The highest BCUT2D eigenvalue weighted by Gasteiger charge is 2.22. The van der Waals surface area contributed by atoms with Crippen molar-refractivity contribution in [2.75, 3.05) is 0 Å². The maximum absolute atomic E-state index is 6.07. The van der Waals surface area contributed by atoms with E-state index in [1.807, 2.05) is 0 Å². The van der Waals surface area contributed by atoms with Crippen LogP contribution in [0.25, 0.3) is 0 Å². The topological polar surface area (TPSA) is 0 Å². The van der Waals surface area contributed by atoms with E-state index in [1.54, 1.807) is 0 Å². The highest BCUT2D eigenvalue weighted by atomic mass is 35.5. The van der Waals surface area contributed by atoms with Crippen LogP contribution in [0, 0.1) is 0 Å². The van der Waals surface area contributed by atoms with E-state index in [-0.39, 0.29) is 4.77 Å². The van der Waals surface area contributed by atoms with Crippen LogP contribution in [-0.2, 0) is 0 Å². The molecule has 0 aromatic heterocycles. The zero-order valence-electron chi connectivity index (χ0n) is 5.41. The first-order valence-electron chi connectivity index (χ1n) is 3.40. The van der Waals surface area contributed by atoms with Gasteiger partial charge in [-0.25, -0.2) is 0 Å². The predicted molar refractivity (Wildman–Crippen MR) is 40.2 cm³/mol. The van der Waals surface area contributed by atoms with E-state index < -0.39 is 0 Å². The number of hydrogen-bond donors (Lipinski definition) is 0. The fraction of sp³-hybridized carbons (Fsp3) is 1.00. The molecule has 0 bridgehead atoms. The molecule has 1 fully saturated rings. The molecule has 0 N–H and O–H groups in total. The largest absolute Gasteiger partial charge is 0.129 e. The second-order valence-electron chi connectivity index (χ2n) is 2.97. The molecule has 0 unspecified atom stereocenters. The van der Waals surface area contributed by atoms with E-state index in [0.29, 0.717) is 0 Å². The quantitative estimate of drug-likeness (QED) is 0.345. The molecule has 1 aliphatic carbocycles. The molecule has 46 valence electrons. The highest BCUT2D eigenvalue weighted by Crippen LogP contribution is 2.30. The summed E-state index contributed by atoms with van der Waals surface area (Å²) in [6.45, 7) is 0. The van der Waals surface area contributed by atoms with Gasteiger partial charge in [0.15, 0.2) is 0 Å². The van der Waals surface area contributed by atoms with Crippen LogP contribution in [0.2, 0.25) is 0 Å². The first-order valence-corrected chi connectivity index (χ1v) is 3.77. The second kappa shape index (κ2) is 2.30. The molecule has 1 saturated carbocycles. The summed E-state index contributed by atoms with van der Waals surface area (Å²) in [7, 11) is 2.15. The first kappa shape index (κ1) is 6.47. The summed E-state index contributed by atoms with van der Waals surface area (Å²) in [4.78, 5) is 0. The molecular weight excluding hydrogens is 118 g/mol. The molecule has 2 heteroatoms. The minimum absolute atomic E-state index is 0.151. The van der Waals surface area contributed by atoms with E-state index in [4.69, 9.17) is 11.6 Å². The summed E-state index contributed by atoms with van der Waals surface area (Å²) in [6, 6.07) is 0. The Labute approximate surface area is 57.0 Å². The highest BCUT2D eigenvalue weighted by molar-refractivity contribution is 6.44. The molecule has 0 atom stereocenters. The molecule has 0 saturated heterocycles. The lowest BCUT2D eigenvalue weighted by Gasteiger charge is -2.26. The molecule has 0 aliphatic heterocycles. The Balaban J connectivity index is 2.33. The van der Waals surface area contributed by atoms with Crippen molar-refractivity contribution >= 4 is 19.4 Å². The lowest BCUT2D eigenvalue weighted by molar-refractivity contribution is 0.478. The third-order valence-electron chi connectivity index (χ3n) is 1.90. The van der Waals surface area contributed by atoms with Crippen LogP contribution in [-0.4, -0.2) is 12.6 Å². The van der Waals surface area contributed by atoms with E-state index in [9.17, 15) is 0 Å². The van der Waals surface area contributed by atoms with E-state index in [2.05, 4.69) is 7.85 Å². The van der Waals surface area contributed by atoms with Crippen molar-refractivity contribution in [2.45, 2.75) is 36.9 Å². The Morgan fingerprint density at radius 1 is 1.12 bits per heavy atom. The van der Waals surface area contributed by atoms with Crippen LogP contribution in [0.1, 0.15) is 32.1 Å². The average Bonchev–Trinajstić information content (AvgIpc) is 1.65. The van der Waals surface area contributed by atoms with Crippen LogP contribution in [0.3, 0.4) is 0 Å². The normalized spacial score (nSPS) is 27.6. The molecule has 0 amide bonds. The van der Waals surface area contributed by atoms with Gasteiger partial charge in [-0.15, -0.1) is 11.6 Å². The van der Waals surface area contributed by atoms with Gasteiger partial charge >= 0.3 is 0 Å². The monoisotopic (exact) mass is 130 g/mol. The average molecular weight is 130 g/mol. The first-order chi connectivity index (χ1) is 3.71. The van der Waals surface area contributed by atoms with Crippen LogP contribution >= 0.6 is 11.6 Å². The zero-order chi connectivity index (χ0) is 6.04. The van der Waals surface area contributed by atoms with Crippen molar-refractivity contribution in [1.29, 1.82) is 0 Å². The second-order valence-corrected chi connectivity index (χ2v) is 3.89. The minimum Gasteiger partial charge on any atom is -0.129 e. The fourth-order valence-electron chi connectivity index (χ4n) is 1.29. The molecule has 1 rings (SSSR count). The Morgan fingerprint density at radius 3 is 1.88 bits per heavy atom. The van der Waals surface area contributed by atoms with Gasteiger partial charge in [0, 0.05) is 4.77 Å². The third-order valence-corrected chi connectivity index (χ3v) is 2.27. The molecule has 0 heterocycles. The Bertz CT molecular complexity index is 72.6. The summed E-state index contributed by atoms with van der Waals surface area (Å²) in [5, 5.41) is 0. The third kappa shape index (κ3) is 1.70. The zero-order valence-corrected chi connectivity index (χ0v) is 6.17. The lowest BCUT2D eigenvalue weighted by Crippen LogP contribution is -2.24. The molecular formula is C6H12BCl. The number of hydrogen-bond acceptors (Lipinski definition) is 0. The van der Waals surface area contributed by atoms with Gasteiger partial charge in [0.2, 0.25) is 0 Å². The minimum atomic E-state index is 0.151. The molecule has 0 radical (unpaired) electrons. The van der Waals surface area contributed by atoms with E-state index in [1.165, 1.54) is 32.1 Å². The van der Waals surface area contributed by atoms with Gasteiger partial charge in [-0.3, -0.25) is 0 Å². The van der Waals surface area contributed by atoms with Gasteiger partial charge in [0.05, 0.1) is 0 Å². The standard InChI is InChI=1S/C6H12BCl/c7-6(8)4-2-1-3-5-6/h1-5,7H2. The fourth-order valence-corrected chi connectivity index (χ4v) is 1.56. The lowest BCUT2D eigenvalue weighted by atomic mass is 9.74. The number of alkyl halides is 1. The van der Waals surface area contributed by atoms with Crippen LogP contribution < -0.4 is 0 Å². The molecule has 0 aromatic carbocycles. The Hall–Kier alpha value is 0.355. The Morgan fingerprint density at radius 2 is 1.62 bits per heavy atom. The van der Waals surface area contributed by atoms with Gasteiger partial charge < -0.3 is 0 Å². The molecule has 1 aliphatic rings. The van der Waals surface area contributed by atoms with E-state index >= 15 is 0 Å². The summed E-state index contributed by atoms with van der Waals surface area (Å²) >= 11 is 6.07. The van der Waals surface area contributed by atoms with E-state index in [0.717, 1.165) is 0 Å². The Kier molecular flexibility index (Phi) is 1.86. The predicted octanol–water partition coefficient (Wildman–Crippen LogP) is 1.52. The van der Waals surface area contributed by atoms with Gasteiger partial charge in [0.1, 0.15) is 7.85 Å². The summed E-state index contributed by atoms with van der Waals surface area (Å²) < 4.78 is 0.151.